The van der Waals surface area contributed by atoms with Gasteiger partial charge in [0.2, 0.25) is 0 Å². The molecular weight excluding hydrogens is 282 g/mol. The van der Waals surface area contributed by atoms with Gasteiger partial charge in [-0.15, -0.1) is 0 Å². The van der Waals surface area contributed by atoms with Gasteiger partial charge in [-0.1, -0.05) is 37.3 Å². The fourth-order valence-electron chi connectivity index (χ4n) is 2.67. The van der Waals surface area contributed by atoms with Crippen LogP contribution in [-0.4, -0.2) is 7.11 Å². The minimum absolute atomic E-state index is 0.865. The van der Waals surface area contributed by atoms with Gasteiger partial charge in [-0.05, 0) is 60.5 Å². The smallest absolute Gasteiger partial charge is 0.119 e. The van der Waals surface area contributed by atoms with E-state index in [1.165, 1.54) is 11.3 Å². The Kier molecular flexibility index (Phi) is 4.62. The summed E-state index contributed by atoms with van der Waals surface area (Å²) < 4.78 is 5.28. The second-order valence-electron chi connectivity index (χ2n) is 5.39. The number of rotatable bonds is 5. The van der Waals surface area contributed by atoms with Crippen LogP contribution in [0.5, 0.6) is 5.75 Å². The predicted molar refractivity (Wildman–Crippen MR) is 97.1 cm³/mol. The first-order valence-electron chi connectivity index (χ1n) is 7.90. The van der Waals surface area contributed by atoms with Gasteiger partial charge in [0.15, 0.2) is 0 Å². The molecule has 0 aliphatic carbocycles. The van der Waals surface area contributed by atoms with E-state index in [-0.39, 0.29) is 0 Å². The molecule has 3 aromatic rings. The van der Waals surface area contributed by atoms with Crippen LogP contribution in [0.25, 0.3) is 0 Å². The standard InChI is InChI=1S/C21H21NO/c1-3-17-8-7-11-20(16-17)22(18-9-5-4-6-10-18)19-12-14-21(23-2)15-13-19/h4-16H,3H2,1-2H3. The Hall–Kier alpha value is -2.74. The summed E-state index contributed by atoms with van der Waals surface area (Å²) in [6, 6.07) is 27.3. The van der Waals surface area contributed by atoms with Gasteiger partial charge in [0.05, 0.1) is 7.11 Å². The lowest BCUT2D eigenvalue weighted by Gasteiger charge is -2.26. The van der Waals surface area contributed by atoms with Crippen molar-refractivity contribution in [2.24, 2.45) is 0 Å². The van der Waals surface area contributed by atoms with Crippen LogP contribution in [0.15, 0.2) is 78.9 Å². The number of aryl methyl sites for hydroxylation is 1. The highest BCUT2D eigenvalue weighted by Gasteiger charge is 2.12. The molecule has 0 aliphatic heterocycles. The van der Waals surface area contributed by atoms with E-state index in [9.17, 15) is 0 Å². The monoisotopic (exact) mass is 303 g/mol. The van der Waals surface area contributed by atoms with Gasteiger partial charge < -0.3 is 9.64 Å². The third kappa shape index (κ3) is 3.37. The number of para-hydroxylation sites is 1. The van der Waals surface area contributed by atoms with E-state index >= 15 is 0 Å². The number of hydrogen-bond donors (Lipinski definition) is 0. The van der Waals surface area contributed by atoms with Crippen LogP contribution in [0, 0.1) is 0 Å². The molecule has 0 saturated heterocycles. The number of benzene rings is 3. The average Bonchev–Trinajstić information content (AvgIpc) is 2.64. The SMILES string of the molecule is CCc1cccc(N(c2ccccc2)c2ccc(OC)cc2)c1. The topological polar surface area (TPSA) is 12.5 Å². The van der Waals surface area contributed by atoms with Crippen molar-refractivity contribution in [2.45, 2.75) is 13.3 Å². The van der Waals surface area contributed by atoms with Crippen LogP contribution in [0.2, 0.25) is 0 Å². The van der Waals surface area contributed by atoms with E-state index in [0.29, 0.717) is 0 Å². The van der Waals surface area contributed by atoms with Gasteiger partial charge in [0.1, 0.15) is 5.75 Å². The Morgan fingerprint density at radius 3 is 2.04 bits per heavy atom. The molecule has 0 aliphatic rings. The van der Waals surface area contributed by atoms with Crippen LogP contribution in [0.3, 0.4) is 0 Å². The molecule has 23 heavy (non-hydrogen) atoms. The van der Waals surface area contributed by atoms with Gasteiger partial charge >= 0.3 is 0 Å². The van der Waals surface area contributed by atoms with Crippen molar-refractivity contribution in [3.8, 4) is 5.75 Å². The number of hydrogen-bond acceptors (Lipinski definition) is 2. The van der Waals surface area contributed by atoms with Crippen LogP contribution in [0.1, 0.15) is 12.5 Å². The van der Waals surface area contributed by atoms with Crippen LogP contribution >= 0.6 is 0 Å². The zero-order chi connectivity index (χ0) is 16.1. The minimum atomic E-state index is 0.865. The molecule has 116 valence electrons. The normalized spacial score (nSPS) is 10.3. The summed E-state index contributed by atoms with van der Waals surface area (Å²) >= 11 is 0. The molecular formula is C21H21NO. The van der Waals surface area contributed by atoms with Crippen molar-refractivity contribution in [1.29, 1.82) is 0 Å². The summed E-state index contributed by atoms with van der Waals surface area (Å²) in [6.45, 7) is 2.18. The summed E-state index contributed by atoms with van der Waals surface area (Å²) in [5.74, 6) is 0.865. The Labute approximate surface area is 138 Å². The van der Waals surface area contributed by atoms with Crippen molar-refractivity contribution in [2.75, 3.05) is 12.0 Å². The number of nitrogens with zero attached hydrogens (tertiary/aromatic N) is 1. The lowest BCUT2D eigenvalue weighted by atomic mass is 10.1. The summed E-state index contributed by atoms with van der Waals surface area (Å²) in [4.78, 5) is 2.26. The van der Waals surface area contributed by atoms with E-state index in [1.807, 2.05) is 18.2 Å². The first-order valence-corrected chi connectivity index (χ1v) is 7.90. The maximum absolute atomic E-state index is 5.28. The summed E-state index contributed by atoms with van der Waals surface area (Å²) in [5, 5.41) is 0. The third-order valence-electron chi connectivity index (χ3n) is 3.92. The molecule has 3 aromatic carbocycles. The molecule has 2 heteroatoms. The highest BCUT2D eigenvalue weighted by molar-refractivity contribution is 5.76. The zero-order valence-corrected chi connectivity index (χ0v) is 13.6. The van der Waals surface area contributed by atoms with E-state index in [0.717, 1.165) is 23.5 Å². The molecule has 3 rings (SSSR count). The van der Waals surface area contributed by atoms with E-state index < -0.39 is 0 Å². The van der Waals surface area contributed by atoms with Gasteiger partial charge in [-0.25, -0.2) is 0 Å². The molecule has 0 spiro atoms. The molecule has 0 aromatic heterocycles. The Morgan fingerprint density at radius 2 is 1.39 bits per heavy atom. The number of anilines is 3. The summed E-state index contributed by atoms with van der Waals surface area (Å²) in [6.07, 6.45) is 1.03. The highest BCUT2D eigenvalue weighted by atomic mass is 16.5. The van der Waals surface area contributed by atoms with Crippen LogP contribution in [-0.2, 0) is 6.42 Å². The summed E-state index contributed by atoms with van der Waals surface area (Å²) in [7, 11) is 1.69. The molecule has 0 saturated carbocycles. The van der Waals surface area contributed by atoms with Crippen LogP contribution in [0.4, 0.5) is 17.1 Å². The molecule has 0 radical (unpaired) electrons. The van der Waals surface area contributed by atoms with Crippen molar-refractivity contribution in [1.82, 2.24) is 0 Å². The van der Waals surface area contributed by atoms with Gasteiger partial charge in [0, 0.05) is 17.1 Å². The van der Waals surface area contributed by atoms with Crippen molar-refractivity contribution >= 4 is 17.1 Å². The van der Waals surface area contributed by atoms with Gasteiger partial charge in [-0.3, -0.25) is 0 Å². The quantitative estimate of drug-likeness (QED) is 0.597. The lowest BCUT2D eigenvalue weighted by molar-refractivity contribution is 0.415. The van der Waals surface area contributed by atoms with Gasteiger partial charge in [-0.2, -0.15) is 0 Å². The van der Waals surface area contributed by atoms with Gasteiger partial charge in [0.25, 0.3) is 0 Å². The fraction of sp³-hybridized carbons (Fsp3) is 0.143. The molecule has 0 bridgehead atoms. The second-order valence-corrected chi connectivity index (χ2v) is 5.39. The van der Waals surface area contributed by atoms with E-state index in [1.54, 1.807) is 7.11 Å². The largest absolute Gasteiger partial charge is 0.497 e. The molecule has 0 amide bonds. The van der Waals surface area contributed by atoms with Crippen LogP contribution < -0.4 is 9.64 Å². The fourth-order valence-corrected chi connectivity index (χ4v) is 2.67. The zero-order valence-electron chi connectivity index (χ0n) is 13.6. The molecule has 2 nitrogen and oxygen atoms in total. The second kappa shape index (κ2) is 7.01. The molecule has 0 N–H and O–H groups in total. The average molecular weight is 303 g/mol. The molecule has 0 atom stereocenters. The Balaban J connectivity index is 2.09. The van der Waals surface area contributed by atoms with Crippen molar-refractivity contribution in [3.05, 3.63) is 84.4 Å². The van der Waals surface area contributed by atoms with Crippen molar-refractivity contribution in [3.63, 3.8) is 0 Å². The number of methoxy groups -OCH3 is 1. The van der Waals surface area contributed by atoms with E-state index in [2.05, 4.69) is 72.5 Å². The molecule has 0 heterocycles. The van der Waals surface area contributed by atoms with Crippen molar-refractivity contribution < 1.29 is 4.74 Å². The third-order valence-corrected chi connectivity index (χ3v) is 3.92. The first kappa shape index (κ1) is 15.2. The minimum Gasteiger partial charge on any atom is -0.497 e. The number of ether oxygens (including phenoxy) is 1. The molecule has 0 unspecified atom stereocenters. The summed E-state index contributed by atoms with van der Waals surface area (Å²) in [5.41, 5.74) is 4.76. The van der Waals surface area contributed by atoms with E-state index in [4.69, 9.17) is 4.74 Å². The highest BCUT2D eigenvalue weighted by Crippen LogP contribution is 2.35. The Bertz CT molecular complexity index is 750. The predicted octanol–water partition coefficient (Wildman–Crippen LogP) is 5.73. The Morgan fingerprint density at radius 1 is 0.739 bits per heavy atom. The first-order chi connectivity index (χ1) is 11.3. The lowest BCUT2D eigenvalue weighted by Crippen LogP contribution is -2.10. The maximum Gasteiger partial charge on any atom is 0.119 e. The maximum atomic E-state index is 5.28. The molecule has 0 fully saturated rings.